The van der Waals surface area contributed by atoms with Crippen LogP contribution in [0.1, 0.15) is 38.8 Å². The summed E-state index contributed by atoms with van der Waals surface area (Å²) >= 11 is 0. The van der Waals surface area contributed by atoms with Crippen molar-refractivity contribution in [1.29, 1.82) is 0 Å². The quantitative estimate of drug-likeness (QED) is 0.617. The van der Waals surface area contributed by atoms with E-state index in [1.54, 1.807) is 6.07 Å². The van der Waals surface area contributed by atoms with Gasteiger partial charge in [-0.1, -0.05) is 49.4 Å². The number of hydrogen-bond donors (Lipinski definition) is 2. The lowest BCUT2D eigenvalue weighted by Gasteiger charge is -2.21. The van der Waals surface area contributed by atoms with Gasteiger partial charge in [0, 0.05) is 19.2 Å². The van der Waals surface area contributed by atoms with Crippen molar-refractivity contribution in [3.63, 3.8) is 0 Å². The highest BCUT2D eigenvalue weighted by atomic mass is 16.2. The summed E-state index contributed by atoms with van der Waals surface area (Å²) in [6, 6.07) is 18.9. The minimum absolute atomic E-state index is 0.0231. The average molecular weight is 402 g/mol. The Morgan fingerprint density at radius 3 is 2.33 bits per heavy atom. The number of aromatic nitrogens is 1. The van der Waals surface area contributed by atoms with Crippen LogP contribution in [0, 0.1) is 0 Å². The van der Waals surface area contributed by atoms with E-state index in [0.717, 1.165) is 24.7 Å². The largest absolute Gasteiger partial charge is 0.384 e. The zero-order valence-corrected chi connectivity index (χ0v) is 16.6. The fraction of sp³-hybridized carbons (Fsp3) is 0.174. The predicted octanol–water partition coefficient (Wildman–Crippen LogP) is 2.33. The molecule has 7 heteroatoms. The van der Waals surface area contributed by atoms with Crippen molar-refractivity contribution in [1.82, 2.24) is 14.8 Å². The van der Waals surface area contributed by atoms with Gasteiger partial charge < -0.3 is 5.73 Å². The first-order valence-corrected chi connectivity index (χ1v) is 9.74. The number of carbonyl (C=O) groups excluding carboxylic acids is 2. The number of nitrogens with two attached hydrogens (primary N) is 1. The summed E-state index contributed by atoms with van der Waals surface area (Å²) in [7, 11) is 0. The normalized spacial score (nSPS) is 12.9. The number of rotatable bonds is 6. The third-order valence-electron chi connectivity index (χ3n) is 5.22. The van der Waals surface area contributed by atoms with Gasteiger partial charge in [-0.15, -0.1) is 0 Å². The molecule has 4 rings (SSSR count). The number of hydrogen-bond acceptors (Lipinski definition) is 5. The number of imide groups is 1. The number of fused-ring (bicyclic) bond motifs is 1. The molecule has 0 aliphatic carbocycles. The number of amides is 2. The molecule has 3 N–H and O–H groups in total. The Morgan fingerprint density at radius 1 is 0.900 bits per heavy atom. The molecule has 2 aromatic carbocycles. The van der Waals surface area contributed by atoms with E-state index >= 15 is 0 Å². The lowest BCUT2D eigenvalue weighted by atomic mass is 10.1. The molecule has 1 aliphatic heterocycles. The molecule has 0 radical (unpaired) electrons. The lowest BCUT2D eigenvalue weighted by molar-refractivity contribution is 0.0880. The smallest absolute Gasteiger partial charge is 0.262 e. The van der Waals surface area contributed by atoms with Crippen LogP contribution in [0.3, 0.4) is 0 Å². The first kappa shape index (κ1) is 19.6. The number of nitrogens with one attached hydrogen (secondary N) is 1. The van der Waals surface area contributed by atoms with E-state index < -0.39 is 17.4 Å². The Labute approximate surface area is 173 Å². The molecule has 0 bridgehead atoms. The van der Waals surface area contributed by atoms with E-state index in [-0.39, 0.29) is 16.9 Å². The topological polar surface area (TPSA) is 97.4 Å². The van der Waals surface area contributed by atoms with Crippen molar-refractivity contribution in [2.45, 2.75) is 20.0 Å². The van der Waals surface area contributed by atoms with Crippen LogP contribution in [0.15, 0.2) is 65.5 Å². The first-order valence-electron chi connectivity index (χ1n) is 9.74. The number of carbonyl (C=O) groups is 2. The van der Waals surface area contributed by atoms with Gasteiger partial charge >= 0.3 is 0 Å². The molecule has 0 unspecified atom stereocenters. The van der Waals surface area contributed by atoms with Crippen molar-refractivity contribution >= 4 is 17.6 Å². The van der Waals surface area contributed by atoms with Gasteiger partial charge in [-0.2, -0.15) is 0 Å². The standard InChI is InChI=1S/C23H22N4O3/c1-2-26(13-15-7-4-3-5-8-15)14-16-9-6-10-17(11-16)27-19(28)12-18-20(21(27)24)23(30)25-22(18)29/h3-12H,2,13-14,24H2,1H3,(H,25,29,30). The molecule has 2 amide bonds. The summed E-state index contributed by atoms with van der Waals surface area (Å²) in [6.07, 6.45) is 0. The Balaban J connectivity index is 1.66. The van der Waals surface area contributed by atoms with E-state index in [2.05, 4.69) is 29.3 Å². The summed E-state index contributed by atoms with van der Waals surface area (Å²) in [6.45, 7) is 4.47. The van der Waals surface area contributed by atoms with Crippen LogP contribution in [-0.4, -0.2) is 27.8 Å². The zero-order chi connectivity index (χ0) is 21.3. The van der Waals surface area contributed by atoms with Crippen molar-refractivity contribution in [2.75, 3.05) is 12.3 Å². The van der Waals surface area contributed by atoms with Crippen LogP contribution in [0.2, 0.25) is 0 Å². The van der Waals surface area contributed by atoms with E-state index in [0.29, 0.717) is 12.2 Å². The summed E-state index contributed by atoms with van der Waals surface area (Å²) < 4.78 is 1.27. The second-order valence-electron chi connectivity index (χ2n) is 7.23. The fourth-order valence-corrected chi connectivity index (χ4v) is 3.72. The number of benzene rings is 2. The van der Waals surface area contributed by atoms with Gasteiger partial charge in [-0.25, -0.2) is 0 Å². The summed E-state index contributed by atoms with van der Waals surface area (Å²) in [5.41, 5.74) is 8.55. The lowest BCUT2D eigenvalue weighted by Crippen LogP contribution is -2.25. The van der Waals surface area contributed by atoms with E-state index in [1.165, 1.54) is 10.1 Å². The average Bonchev–Trinajstić information content (AvgIpc) is 3.02. The molecular weight excluding hydrogens is 380 g/mol. The number of nitrogens with zero attached hydrogens (tertiary/aromatic N) is 2. The van der Waals surface area contributed by atoms with Gasteiger partial charge in [0.1, 0.15) is 5.82 Å². The highest BCUT2D eigenvalue weighted by Crippen LogP contribution is 2.23. The van der Waals surface area contributed by atoms with E-state index in [4.69, 9.17) is 5.73 Å². The predicted molar refractivity (Wildman–Crippen MR) is 114 cm³/mol. The van der Waals surface area contributed by atoms with Gasteiger partial charge in [0.25, 0.3) is 17.4 Å². The fourth-order valence-electron chi connectivity index (χ4n) is 3.72. The maximum Gasteiger partial charge on any atom is 0.262 e. The molecule has 7 nitrogen and oxygen atoms in total. The molecule has 0 saturated heterocycles. The summed E-state index contributed by atoms with van der Waals surface area (Å²) in [5, 5.41) is 2.18. The molecule has 0 atom stereocenters. The van der Waals surface area contributed by atoms with E-state index in [1.807, 2.05) is 36.4 Å². The van der Waals surface area contributed by atoms with Gasteiger partial charge in [0.05, 0.1) is 16.8 Å². The Morgan fingerprint density at radius 2 is 1.60 bits per heavy atom. The highest BCUT2D eigenvalue weighted by Gasteiger charge is 2.31. The van der Waals surface area contributed by atoms with Crippen molar-refractivity contribution < 1.29 is 9.59 Å². The molecule has 2 heterocycles. The Bertz CT molecular complexity index is 1180. The molecular formula is C23H22N4O3. The monoisotopic (exact) mass is 402 g/mol. The molecule has 3 aromatic rings. The minimum Gasteiger partial charge on any atom is -0.384 e. The van der Waals surface area contributed by atoms with Gasteiger partial charge in [0.2, 0.25) is 0 Å². The summed E-state index contributed by atoms with van der Waals surface area (Å²) in [4.78, 5) is 38.9. The molecule has 1 aliphatic rings. The summed E-state index contributed by atoms with van der Waals surface area (Å²) in [5.74, 6) is -1.22. The molecule has 152 valence electrons. The van der Waals surface area contributed by atoms with Crippen molar-refractivity contribution in [2.24, 2.45) is 0 Å². The Hall–Kier alpha value is -3.71. The van der Waals surface area contributed by atoms with Crippen molar-refractivity contribution in [3.8, 4) is 5.69 Å². The van der Waals surface area contributed by atoms with Crippen LogP contribution in [-0.2, 0) is 13.1 Å². The number of pyridine rings is 1. The molecule has 1 aromatic heterocycles. The number of nitrogen functional groups attached to an aromatic ring is 1. The highest BCUT2D eigenvalue weighted by molar-refractivity contribution is 6.23. The Kier molecular flexibility index (Phi) is 5.20. The molecule has 0 fully saturated rings. The first-order chi connectivity index (χ1) is 14.5. The van der Waals surface area contributed by atoms with Crippen LogP contribution in [0.5, 0.6) is 0 Å². The van der Waals surface area contributed by atoms with Gasteiger partial charge in [-0.3, -0.25) is 29.2 Å². The maximum absolute atomic E-state index is 12.7. The minimum atomic E-state index is -0.598. The van der Waals surface area contributed by atoms with Gasteiger partial charge in [-0.05, 0) is 29.8 Å². The molecule has 0 saturated carbocycles. The zero-order valence-electron chi connectivity index (χ0n) is 16.6. The number of anilines is 1. The van der Waals surface area contributed by atoms with Gasteiger partial charge in [0.15, 0.2) is 0 Å². The third-order valence-corrected chi connectivity index (χ3v) is 5.22. The van der Waals surface area contributed by atoms with Crippen molar-refractivity contribution in [3.05, 3.63) is 93.3 Å². The second-order valence-corrected chi connectivity index (χ2v) is 7.23. The van der Waals surface area contributed by atoms with Crippen LogP contribution < -0.4 is 16.6 Å². The molecule has 0 spiro atoms. The molecule has 30 heavy (non-hydrogen) atoms. The third kappa shape index (κ3) is 3.62. The maximum atomic E-state index is 12.7. The van der Waals surface area contributed by atoms with Crippen LogP contribution in [0.4, 0.5) is 5.82 Å². The van der Waals surface area contributed by atoms with Crippen LogP contribution in [0.25, 0.3) is 5.69 Å². The van der Waals surface area contributed by atoms with E-state index in [9.17, 15) is 14.4 Å². The van der Waals surface area contributed by atoms with Crippen LogP contribution >= 0.6 is 0 Å². The second kappa shape index (κ2) is 7.96. The SMILES string of the molecule is CCN(Cc1ccccc1)Cc1cccc(-n2c(N)c3c(cc2=O)C(=O)NC3=O)c1.